The Balaban J connectivity index is 2.46. The maximum Gasteiger partial charge on any atom is 0.170 e. The summed E-state index contributed by atoms with van der Waals surface area (Å²) in [6, 6.07) is 7.01. The van der Waals surface area contributed by atoms with Crippen LogP contribution in [-0.2, 0) is 0 Å². The molecule has 0 saturated carbocycles. The van der Waals surface area contributed by atoms with Crippen LogP contribution in [0.15, 0.2) is 18.2 Å². The number of hydrogen-bond acceptors (Lipinski definition) is 1. The van der Waals surface area contributed by atoms with Gasteiger partial charge in [-0.3, -0.25) is 0 Å². The smallest absolute Gasteiger partial charge is 0.170 e. The molecule has 0 unspecified atom stereocenters. The first-order valence-electron chi connectivity index (χ1n) is 7.48. The summed E-state index contributed by atoms with van der Waals surface area (Å²) in [5, 5.41) is 7.88. The van der Waals surface area contributed by atoms with E-state index >= 15 is 0 Å². The Kier molecular flexibility index (Phi) is 7.43. The van der Waals surface area contributed by atoms with Crippen molar-refractivity contribution in [1.29, 1.82) is 0 Å². The lowest BCUT2D eigenvalue weighted by Gasteiger charge is -2.27. The summed E-state index contributed by atoms with van der Waals surface area (Å²) in [6.07, 6.45) is 0. The summed E-state index contributed by atoms with van der Waals surface area (Å²) in [4.78, 5) is 1.57. The number of nitrogens with one attached hydrogen (secondary N) is 3. The first-order valence-corrected chi connectivity index (χ1v) is 8.27. The van der Waals surface area contributed by atoms with Crippen LogP contribution >= 0.6 is 23.8 Å². The molecule has 0 aliphatic carbocycles. The van der Waals surface area contributed by atoms with E-state index in [0.717, 1.165) is 29.4 Å². The van der Waals surface area contributed by atoms with Gasteiger partial charge in [-0.1, -0.05) is 17.7 Å². The Labute approximate surface area is 139 Å². The number of rotatable bonds is 6. The molecule has 0 atom stereocenters. The second-order valence-electron chi connectivity index (χ2n) is 5.93. The highest BCUT2D eigenvalue weighted by molar-refractivity contribution is 7.80. The van der Waals surface area contributed by atoms with Gasteiger partial charge in [0, 0.05) is 10.7 Å². The molecule has 0 aliphatic heterocycles. The summed E-state index contributed by atoms with van der Waals surface area (Å²) in [5.74, 6) is 0. The molecule has 0 aliphatic rings. The first kappa shape index (κ1) is 18.2. The molecule has 0 fully saturated rings. The number of anilines is 1. The van der Waals surface area contributed by atoms with Crippen LogP contribution in [0.5, 0.6) is 0 Å². The Hall–Kier alpha value is -0.840. The van der Waals surface area contributed by atoms with Crippen molar-refractivity contribution >= 4 is 34.6 Å². The highest BCUT2D eigenvalue weighted by Crippen LogP contribution is 2.22. The minimum absolute atomic E-state index is 0.614. The quantitative estimate of drug-likeness (QED) is 0.701. The molecule has 0 aromatic heterocycles. The fourth-order valence-electron chi connectivity index (χ4n) is 2.47. The van der Waals surface area contributed by atoms with E-state index < -0.39 is 0 Å². The molecule has 1 aromatic carbocycles. The van der Waals surface area contributed by atoms with Crippen molar-refractivity contribution in [3.8, 4) is 0 Å². The lowest BCUT2D eigenvalue weighted by atomic mass is 10.2. The molecule has 1 rings (SSSR count). The SMILES string of the molecule is Cc1c(Cl)cccc1NC(=S)NCC[NH+](C(C)C)C(C)C. The van der Waals surface area contributed by atoms with Gasteiger partial charge in [-0.05, 0) is 64.5 Å². The van der Waals surface area contributed by atoms with E-state index in [1.807, 2.05) is 25.1 Å². The van der Waals surface area contributed by atoms with E-state index in [-0.39, 0.29) is 0 Å². The Morgan fingerprint density at radius 2 is 1.86 bits per heavy atom. The minimum atomic E-state index is 0.614. The molecule has 1 aromatic rings. The molecule has 0 amide bonds. The van der Waals surface area contributed by atoms with Crippen molar-refractivity contribution in [2.75, 3.05) is 18.4 Å². The van der Waals surface area contributed by atoms with E-state index in [1.54, 1.807) is 4.90 Å². The Morgan fingerprint density at radius 3 is 2.43 bits per heavy atom. The first-order chi connectivity index (χ1) is 9.82. The maximum atomic E-state index is 6.11. The Morgan fingerprint density at radius 1 is 1.24 bits per heavy atom. The van der Waals surface area contributed by atoms with Crippen molar-refractivity contribution in [3.05, 3.63) is 28.8 Å². The van der Waals surface area contributed by atoms with Gasteiger partial charge in [-0.2, -0.15) is 0 Å². The van der Waals surface area contributed by atoms with E-state index in [0.29, 0.717) is 17.2 Å². The van der Waals surface area contributed by atoms with Crippen LogP contribution in [0.4, 0.5) is 5.69 Å². The lowest BCUT2D eigenvalue weighted by molar-refractivity contribution is -0.941. The third-order valence-electron chi connectivity index (χ3n) is 3.70. The van der Waals surface area contributed by atoms with Crippen LogP contribution in [-0.4, -0.2) is 30.3 Å². The maximum absolute atomic E-state index is 6.11. The van der Waals surface area contributed by atoms with Gasteiger partial charge in [0.15, 0.2) is 5.11 Å². The van der Waals surface area contributed by atoms with E-state index in [9.17, 15) is 0 Å². The fourth-order valence-corrected chi connectivity index (χ4v) is 2.86. The molecule has 0 spiro atoms. The summed E-state index contributed by atoms with van der Waals surface area (Å²) in [5.41, 5.74) is 1.97. The van der Waals surface area contributed by atoms with Gasteiger partial charge in [0.1, 0.15) is 0 Å². The van der Waals surface area contributed by atoms with Crippen molar-refractivity contribution in [2.24, 2.45) is 0 Å². The largest absolute Gasteiger partial charge is 0.357 e. The second kappa shape index (κ2) is 8.57. The third-order valence-corrected chi connectivity index (χ3v) is 4.35. The molecule has 3 N–H and O–H groups in total. The summed E-state index contributed by atoms with van der Waals surface area (Å²) >= 11 is 11.5. The lowest BCUT2D eigenvalue weighted by Crippen LogP contribution is -3.18. The highest BCUT2D eigenvalue weighted by Gasteiger charge is 2.16. The predicted molar refractivity (Wildman–Crippen MR) is 96.5 cm³/mol. The molecule has 3 nitrogen and oxygen atoms in total. The van der Waals surface area contributed by atoms with Gasteiger partial charge in [0.2, 0.25) is 0 Å². The standard InChI is InChI=1S/C16H26ClN3S/c1-11(2)20(12(3)4)10-9-18-16(21)19-15-8-6-7-14(17)13(15)5/h6-8,11-12H,9-10H2,1-5H3,(H2,18,19,21)/p+1. The van der Waals surface area contributed by atoms with Crippen LogP contribution < -0.4 is 15.5 Å². The number of hydrogen-bond donors (Lipinski definition) is 3. The van der Waals surface area contributed by atoms with Gasteiger partial charge in [0.05, 0.1) is 25.2 Å². The van der Waals surface area contributed by atoms with Gasteiger partial charge in [-0.15, -0.1) is 0 Å². The summed E-state index contributed by atoms with van der Waals surface area (Å²) in [6.45, 7) is 12.9. The van der Waals surface area contributed by atoms with Crippen LogP contribution in [0.1, 0.15) is 33.3 Å². The molecule has 21 heavy (non-hydrogen) atoms. The van der Waals surface area contributed by atoms with Gasteiger partial charge < -0.3 is 15.5 Å². The normalized spacial score (nSPS) is 11.3. The van der Waals surface area contributed by atoms with E-state index in [1.165, 1.54) is 0 Å². The number of thiocarbonyl (C=S) groups is 1. The Bertz CT molecular complexity index is 467. The zero-order valence-electron chi connectivity index (χ0n) is 13.6. The average molecular weight is 329 g/mol. The average Bonchev–Trinajstić information content (AvgIpc) is 2.39. The summed E-state index contributed by atoms with van der Waals surface area (Å²) in [7, 11) is 0. The molecule has 0 heterocycles. The molecular formula is C16H27ClN3S+. The molecule has 0 saturated heterocycles. The van der Waals surface area contributed by atoms with Crippen LogP contribution in [0.3, 0.4) is 0 Å². The molecule has 0 bridgehead atoms. The minimum Gasteiger partial charge on any atom is -0.357 e. The zero-order valence-corrected chi connectivity index (χ0v) is 15.2. The van der Waals surface area contributed by atoms with Crippen molar-refractivity contribution < 1.29 is 4.90 Å². The van der Waals surface area contributed by atoms with Crippen molar-refractivity contribution in [2.45, 2.75) is 46.7 Å². The number of halogens is 1. The van der Waals surface area contributed by atoms with E-state index in [2.05, 4.69) is 38.3 Å². The predicted octanol–water partition coefficient (Wildman–Crippen LogP) is 2.64. The molecule has 0 radical (unpaired) electrons. The fraction of sp³-hybridized carbons (Fsp3) is 0.562. The molecule has 5 heteroatoms. The van der Waals surface area contributed by atoms with Crippen molar-refractivity contribution in [1.82, 2.24) is 5.32 Å². The van der Waals surface area contributed by atoms with Crippen LogP contribution in [0.25, 0.3) is 0 Å². The second-order valence-corrected chi connectivity index (χ2v) is 6.74. The van der Waals surface area contributed by atoms with Gasteiger partial charge in [0.25, 0.3) is 0 Å². The van der Waals surface area contributed by atoms with Crippen molar-refractivity contribution in [3.63, 3.8) is 0 Å². The van der Waals surface area contributed by atoms with Gasteiger partial charge in [-0.25, -0.2) is 0 Å². The molecule has 118 valence electrons. The van der Waals surface area contributed by atoms with E-state index in [4.69, 9.17) is 23.8 Å². The van der Waals surface area contributed by atoms with Crippen LogP contribution in [0, 0.1) is 6.92 Å². The molecular weight excluding hydrogens is 302 g/mol. The number of benzene rings is 1. The highest BCUT2D eigenvalue weighted by atomic mass is 35.5. The topological polar surface area (TPSA) is 28.5 Å². The third kappa shape index (κ3) is 5.81. The van der Waals surface area contributed by atoms with Gasteiger partial charge >= 0.3 is 0 Å². The van der Waals surface area contributed by atoms with Crippen LogP contribution in [0.2, 0.25) is 5.02 Å². The zero-order chi connectivity index (χ0) is 16.0. The summed E-state index contributed by atoms with van der Waals surface area (Å²) < 4.78 is 0. The monoisotopic (exact) mass is 328 g/mol. The number of quaternary nitrogens is 1.